The predicted molar refractivity (Wildman–Crippen MR) is 101 cm³/mol. The lowest BCUT2D eigenvalue weighted by atomic mass is 9.79. The smallest absolute Gasteiger partial charge is 0.259 e. The average molecular weight is 380 g/mol. The number of rotatable bonds is 12. The van der Waals surface area contributed by atoms with Gasteiger partial charge in [0.25, 0.3) is 5.91 Å². The molecule has 1 aliphatic rings. The quantitative estimate of drug-likeness (QED) is 0.410. The zero-order chi connectivity index (χ0) is 19.9. The number of hydrogen-bond acceptors (Lipinski definition) is 6. The Bertz CT molecular complexity index is 612. The van der Waals surface area contributed by atoms with Crippen molar-refractivity contribution >= 4 is 5.91 Å². The monoisotopic (exact) mass is 380 g/mol. The fourth-order valence-electron chi connectivity index (χ4n) is 3.39. The van der Waals surface area contributed by atoms with E-state index in [0.29, 0.717) is 6.42 Å². The summed E-state index contributed by atoms with van der Waals surface area (Å²) in [5.74, 6) is 0.650. The van der Waals surface area contributed by atoms with Crippen molar-refractivity contribution < 1.29 is 23.7 Å². The van der Waals surface area contributed by atoms with Gasteiger partial charge in [0.1, 0.15) is 19.3 Å². The second-order valence-corrected chi connectivity index (χ2v) is 7.04. The van der Waals surface area contributed by atoms with Gasteiger partial charge in [-0.25, -0.2) is 0 Å². The Morgan fingerprint density at radius 1 is 1.33 bits per heavy atom. The first-order valence-electron chi connectivity index (χ1n) is 9.53. The molecule has 0 saturated carbocycles. The van der Waals surface area contributed by atoms with Gasteiger partial charge >= 0.3 is 0 Å². The molecule has 152 valence electrons. The molecule has 1 saturated heterocycles. The van der Waals surface area contributed by atoms with Gasteiger partial charge < -0.3 is 23.8 Å². The SMILES string of the molecule is CCCC[C@@H](C)Oc1ccnc(C[C@]2(OCOC)C(=O)N(COC)[C@@H]2C)c1. The number of ether oxygens (including phenoxy) is 4. The summed E-state index contributed by atoms with van der Waals surface area (Å²) in [5, 5.41) is 0. The minimum absolute atomic E-state index is 0.0428. The molecule has 27 heavy (non-hydrogen) atoms. The van der Waals surface area contributed by atoms with Gasteiger partial charge in [-0.2, -0.15) is 0 Å². The topological polar surface area (TPSA) is 70.1 Å². The molecule has 0 unspecified atom stereocenters. The third-order valence-electron chi connectivity index (χ3n) is 5.00. The van der Waals surface area contributed by atoms with Gasteiger partial charge in [-0.3, -0.25) is 9.78 Å². The van der Waals surface area contributed by atoms with Crippen LogP contribution < -0.4 is 4.74 Å². The van der Waals surface area contributed by atoms with E-state index in [-0.39, 0.29) is 31.6 Å². The molecular formula is C20H32N2O5. The minimum atomic E-state index is -0.992. The molecule has 1 fully saturated rings. The van der Waals surface area contributed by atoms with E-state index in [0.717, 1.165) is 30.7 Å². The molecule has 1 aliphatic heterocycles. The summed E-state index contributed by atoms with van der Waals surface area (Å²) < 4.78 is 22.0. The van der Waals surface area contributed by atoms with Crippen LogP contribution in [0.5, 0.6) is 5.75 Å². The average Bonchev–Trinajstić information content (AvgIpc) is 2.67. The van der Waals surface area contributed by atoms with Gasteiger partial charge in [0, 0.05) is 38.6 Å². The molecule has 0 bridgehead atoms. The molecular weight excluding hydrogens is 348 g/mol. The van der Waals surface area contributed by atoms with Crippen molar-refractivity contribution in [1.82, 2.24) is 9.88 Å². The van der Waals surface area contributed by atoms with Crippen molar-refractivity contribution in [2.75, 3.05) is 27.7 Å². The Balaban J connectivity index is 2.12. The summed E-state index contributed by atoms with van der Waals surface area (Å²) in [6, 6.07) is 3.59. The van der Waals surface area contributed by atoms with Crippen LogP contribution >= 0.6 is 0 Å². The first kappa shape index (κ1) is 21.6. The fourth-order valence-corrected chi connectivity index (χ4v) is 3.39. The van der Waals surface area contributed by atoms with Crippen LogP contribution in [0.25, 0.3) is 0 Å². The van der Waals surface area contributed by atoms with Crippen LogP contribution in [0, 0.1) is 0 Å². The predicted octanol–water partition coefficient (Wildman–Crippen LogP) is 2.78. The van der Waals surface area contributed by atoms with E-state index in [2.05, 4.69) is 18.8 Å². The third kappa shape index (κ3) is 4.97. The van der Waals surface area contributed by atoms with E-state index in [1.807, 2.05) is 19.1 Å². The van der Waals surface area contributed by atoms with Crippen LogP contribution in [0.4, 0.5) is 0 Å². The van der Waals surface area contributed by atoms with Crippen molar-refractivity contribution in [3.8, 4) is 5.75 Å². The number of amides is 1. The fraction of sp³-hybridized carbons (Fsp3) is 0.700. The maximum Gasteiger partial charge on any atom is 0.259 e. The normalized spacial score (nSPS) is 23.2. The van der Waals surface area contributed by atoms with Crippen LogP contribution in [0.1, 0.15) is 45.7 Å². The van der Waals surface area contributed by atoms with Crippen LogP contribution in [0.15, 0.2) is 18.3 Å². The second kappa shape index (κ2) is 10.0. The largest absolute Gasteiger partial charge is 0.491 e. The summed E-state index contributed by atoms with van der Waals surface area (Å²) >= 11 is 0. The minimum Gasteiger partial charge on any atom is -0.491 e. The number of pyridine rings is 1. The molecule has 0 aromatic carbocycles. The molecule has 0 spiro atoms. The number of aromatic nitrogens is 1. The Labute approximate surface area is 161 Å². The lowest BCUT2D eigenvalue weighted by Gasteiger charge is -2.53. The van der Waals surface area contributed by atoms with Gasteiger partial charge in [-0.15, -0.1) is 0 Å². The number of hydrogen-bond donors (Lipinski definition) is 0. The Morgan fingerprint density at radius 2 is 2.11 bits per heavy atom. The van der Waals surface area contributed by atoms with E-state index < -0.39 is 5.60 Å². The summed E-state index contributed by atoms with van der Waals surface area (Å²) in [6.45, 7) is 6.47. The van der Waals surface area contributed by atoms with Gasteiger partial charge in [0.15, 0.2) is 5.60 Å². The van der Waals surface area contributed by atoms with Crippen molar-refractivity contribution in [1.29, 1.82) is 0 Å². The molecule has 0 aliphatic carbocycles. The lowest BCUT2D eigenvalue weighted by Crippen LogP contribution is -2.75. The number of likely N-dealkylation sites (tertiary alicyclic amines) is 1. The van der Waals surface area contributed by atoms with Crippen LogP contribution in [-0.2, 0) is 25.4 Å². The number of methoxy groups -OCH3 is 2. The molecule has 1 aromatic rings. The second-order valence-electron chi connectivity index (χ2n) is 7.04. The van der Waals surface area contributed by atoms with E-state index in [4.69, 9.17) is 18.9 Å². The van der Waals surface area contributed by atoms with E-state index >= 15 is 0 Å². The Morgan fingerprint density at radius 3 is 2.74 bits per heavy atom. The molecule has 7 heteroatoms. The number of carbonyl (C=O) groups is 1. The van der Waals surface area contributed by atoms with Crippen LogP contribution in [0.3, 0.4) is 0 Å². The standard InChI is InChI=1S/C20H32N2O5/c1-6-7-8-15(2)27-18-9-10-21-17(11-18)12-20(26-14-25-5)16(3)22(13-24-4)19(20)23/h9-11,15-16H,6-8,12-14H2,1-5H3/t15-,16-,20-/m1/s1. The molecule has 3 atom stereocenters. The van der Waals surface area contributed by atoms with Crippen LogP contribution in [0.2, 0.25) is 0 Å². The molecule has 1 aromatic heterocycles. The molecule has 2 rings (SSSR count). The first-order chi connectivity index (χ1) is 13.0. The number of β-lactam (4-membered cyclic amide) rings is 1. The summed E-state index contributed by atoms with van der Waals surface area (Å²) in [4.78, 5) is 18.8. The molecule has 7 nitrogen and oxygen atoms in total. The van der Waals surface area contributed by atoms with E-state index in [9.17, 15) is 4.79 Å². The number of carbonyl (C=O) groups excluding carboxylic acids is 1. The third-order valence-corrected chi connectivity index (χ3v) is 5.00. The van der Waals surface area contributed by atoms with Crippen molar-refractivity contribution in [2.45, 2.75) is 64.2 Å². The van der Waals surface area contributed by atoms with Crippen molar-refractivity contribution in [2.24, 2.45) is 0 Å². The van der Waals surface area contributed by atoms with Crippen molar-refractivity contribution in [3.63, 3.8) is 0 Å². The van der Waals surface area contributed by atoms with Gasteiger partial charge in [0.2, 0.25) is 0 Å². The van der Waals surface area contributed by atoms with Crippen LogP contribution in [-0.4, -0.2) is 61.3 Å². The lowest BCUT2D eigenvalue weighted by molar-refractivity contribution is -0.230. The van der Waals surface area contributed by atoms with Gasteiger partial charge in [-0.05, 0) is 26.3 Å². The van der Waals surface area contributed by atoms with E-state index in [1.54, 1.807) is 25.3 Å². The molecule has 0 N–H and O–H groups in total. The molecule has 0 radical (unpaired) electrons. The summed E-state index contributed by atoms with van der Waals surface area (Å²) in [6.07, 6.45) is 5.50. The Hall–Kier alpha value is -1.70. The molecule has 2 heterocycles. The zero-order valence-corrected chi connectivity index (χ0v) is 17.1. The van der Waals surface area contributed by atoms with Gasteiger partial charge in [0.05, 0.1) is 12.1 Å². The van der Waals surface area contributed by atoms with Crippen molar-refractivity contribution in [3.05, 3.63) is 24.0 Å². The zero-order valence-electron chi connectivity index (χ0n) is 17.1. The highest BCUT2D eigenvalue weighted by atomic mass is 16.7. The number of unbranched alkanes of at least 4 members (excludes halogenated alkanes) is 1. The molecule has 1 amide bonds. The maximum atomic E-state index is 12.8. The first-order valence-corrected chi connectivity index (χ1v) is 9.53. The highest BCUT2D eigenvalue weighted by Gasteiger charge is 2.60. The number of nitrogens with zero attached hydrogens (tertiary/aromatic N) is 2. The van der Waals surface area contributed by atoms with E-state index in [1.165, 1.54) is 0 Å². The Kier molecular flexibility index (Phi) is 8.01. The highest BCUT2D eigenvalue weighted by molar-refractivity contribution is 5.93. The summed E-state index contributed by atoms with van der Waals surface area (Å²) in [5.41, 5.74) is -0.239. The highest BCUT2D eigenvalue weighted by Crippen LogP contribution is 2.37. The summed E-state index contributed by atoms with van der Waals surface area (Å²) in [7, 11) is 3.11. The maximum absolute atomic E-state index is 12.8. The van der Waals surface area contributed by atoms with Gasteiger partial charge in [-0.1, -0.05) is 19.8 Å².